The maximum absolute atomic E-state index is 13.2. The third-order valence-corrected chi connectivity index (χ3v) is 10.1. The fourth-order valence-corrected chi connectivity index (χ4v) is 8.57. The number of carbonyl (C=O) groups is 1. The Morgan fingerprint density at radius 2 is 1.90 bits per heavy atom. The lowest BCUT2D eigenvalue weighted by molar-refractivity contribution is -0.136. The molecule has 0 bridgehead atoms. The fraction of sp³-hybridized carbons (Fsp3) is 0.769. The van der Waals surface area contributed by atoms with Crippen LogP contribution in [0.1, 0.15) is 78.1 Å². The van der Waals surface area contributed by atoms with E-state index in [-0.39, 0.29) is 29.6 Å². The third-order valence-electron chi connectivity index (χ3n) is 10.1. The van der Waals surface area contributed by atoms with Crippen LogP contribution in [0.5, 0.6) is 11.6 Å². The average molecular weight is 412 g/mol. The van der Waals surface area contributed by atoms with Gasteiger partial charge in [0.1, 0.15) is 12.4 Å². The van der Waals surface area contributed by atoms with Gasteiger partial charge in [-0.25, -0.2) is 4.98 Å². The number of hydrogen-bond donors (Lipinski definition) is 1. The van der Waals surface area contributed by atoms with Crippen LogP contribution in [0.4, 0.5) is 0 Å². The molecule has 0 aromatic carbocycles. The number of carbonyl (C=O) groups excluding carboxylic acids is 1. The first-order chi connectivity index (χ1) is 14.4. The molecular weight excluding hydrogens is 374 g/mol. The average Bonchev–Trinajstić information content (AvgIpc) is 3.09. The van der Waals surface area contributed by atoms with Crippen LogP contribution in [-0.2, 0) is 4.79 Å². The van der Waals surface area contributed by atoms with Gasteiger partial charge >= 0.3 is 0 Å². The van der Waals surface area contributed by atoms with E-state index in [9.17, 15) is 9.90 Å². The van der Waals surface area contributed by atoms with Gasteiger partial charge in [0.15, 0.2) is 5.78 Å². The first-order valence-electron chi connectivity index (χ1n) is 12.2. The number of rotatable bonds is 4. The number of Topliss-reactive ketones (excluding diaryl/α,β-unsaturated/α-hetero) is 1. The van der Waals surface area contributed by atoms with Crippen LogP contribution in [0, 0.1) is 40.4 Å². The van der Waals surface area contributed by atoms with Gasteiger partial charge in [-0.1, -0.05) is 26.7 Å². The van der Waals surface area contributed by atoms with Crippen molar-refractivity contribution in [3.63, 3.8) is 0 Å². The van der Waals surface area contributed by atoms with Gasteiger partial charge in [-0.3, -0.25) is 4.79 Å². The predicted molar refractivity (Wildman–Crippen MR) is 116 cm³/mol. The Morgan fingerprint density at radius 1 is 1.07 bits per heavy atom. The second-order valence-electron chi connectivity index (χ2n) is 11.2. The van der Waals surface area contributed by atoms with E-state index in [0.717, 1.165) is 24.2 Å². The molecule has 0 radical (unpaired) electrons. The summed E-state index contributed by atoms with van der Waals surface area (Å²) in [5.41, 5.74) is 0.691. The molecule has 4 nitrogen and oxygen atoms in total. The van der Waals surface area contributed by atoms with Crippen molar-refractivity contribution < 1.29 is 14.6 Å². The van der Waals surface area contributed by atoms with Crippen molar-refractivity contribution in [2.24, 2.45) is 40.4 Å². The zero-order valence-electron chi connectivity index (χ0n) is 18.6. The number of aromatic hydroxyl groups is 1. The maximum atomic E-state index is 13.2. The smallest absolute Gasteiger partial charge is 0.214 e. The topological polar surface area (TPSA) is 59.4 Å². The summed E-state index contributed by atoms with van der Waals surface area (Å²) in [7, 11) is 0. The molecule has 5 rings (SSSR count). The highest BCUT2D eigenvalue weighted by molar-refractivity contribution is 5.83. The SMILES string of the molecule is C[C@]12CCCC[C@H]1CC[C@@H]1[C@@H]2CC[C@]2(C)[C@@H](C(=O)COc3ccnc(O)c3)CC[C@@H]12. The monoisotopic (exact) mass is 411 g/mol. The van der Waals surface area contributed by atoms with E-state index in [4.69, 9.17) is 4.74 Å². The Bertz CT molecular complexity index is 809. The van der Waals surface area contributed by atoms with Crippen LogP contribution in [0.3, 0.4) is 0 Å². The summed E-state index contributed by atoms with van der Waals surface area (Å²) in [6.45, 7) is 5.13. The largest absolute Gasteiger partial charge is 0.493 e. The van der Waals surface area contributed by atoms with Crippen molar-refractivity contribution in [2.75, 3.05) is 6.61 Å². The summed E-state index contributed by atoms with van der Waals surface area (Å²) < 4.78 is 5.73. The molecule has 0 amide bonds. The number of pyridine rings is 1. The molecular formula is C26H37NO3. The Morgan fingerprint density at radius 3 is 2.73 bits per heavy atom. The van der Waals surface area contributed by atoms with Gasteiger partial charge in [0, 0.05) is 18.2 Å². The zero-order valence-corrected chi connectivity index (χ0v) is 18.6. The highest BCUT2D eigenvalue weighted by Crippen LogP contribution is 2.67. The van der Waals surface area contributed by atoms with Crippen molar-refractivity contribution in [3.05, 3.63) is 18.3 Å². The number of aromatic nitrogens is 1. The van der Waals surface area contributed by atoms with Crippen molar-refractivity contribution >= 4 is 5.78 Å². The molecule has 0 spiro atoms. The maximum Gasteiger partial charge on any atom is 0.214 e. The molecule has 1 aromatic heterocycles. The molecule has 164 valence electrons. The number of fused-ring (bicyclic) bond motifs is 5. The van der Waals surface area contributed by atoms with E-state index in [1.807, 2.05) is 0 Å². The molecule has 0 unspecified atom stereocenters. The molecule has 1 aromatic rings. The Hall–Kier alpha value is -1.58. The van der Waals surface area contributed by atoms with Gasteiger partial charge in [-0.15, -0.1) is 0 Å². The highest BCUT2D eigenvalue weighted by atomic mass is 16.5. The second-order valence-corrected chi connectivity index (χ2v) is 11.2. The van der Waals surface area contributed by atoms with Crippen molar-refractivity contribution in [2.45, 2.75) is 78.1 Å². The summed E-state index contributed by atoms with van der Waals surface area (Å²) in [6, 6.07) is 3.17. The van der Waals surface area contributed by atoms with E-state index in [1.165, 1.54) is 70.1 Å². The standard InChI is InChI=1S/C26H37NO3/c1-25-12-4-3-5-17(25)6-7-19-20-8-9-22(26(20,2)13-10-21(19)25)23(28)16-30-18-11-14-27-24(29)15-18/h11,14-15,17,19-22H,3-10,12-13,16H2,1-2H3,(H,27,29)/t17-,19-,20-,21-,22+,25-,26-/m0/s1. The Balaban J connectivity index is 1.29. The van der Waals surface area contributed by atoms with E-state index in [0.29, 0.717) is 17.1 Å². The van der Waals surface area contributed by atoms with Gasteiger partial charge in [0.25, 0.3) is 0 Å². The predicted octanol–water partition coefficient (Wildman–Crippen LogP) is 5.78. The zero-order chi connectivity index (χ0) is 20.9. The molecule has 30 heavy (non-hydrogen) atoms. The lowest BCUT2D eigenvalue weighted by atomic mass is 9.45. The second kappa shape index (κ2) is 7.53. The number of ether oxygens (including phenoxy) is 1. The number of nitrogens with zero attached hydrogens (tertiary/aromatic N) is 1. The lowest BCUT2D eigenvalue weighted by Gasteiger charge is -2.60. The molecule has 7 atom stereocenters. The number of ketones is 1. The van der Waals surface area contributed by atoms with Crippen LogP contribution < -0.4 is 4.74 Å². The molecule has 1 heterocycles. The van der Waals surface area contributed by atoms with Gasteiger partial charge < -0.3 is 9.84 Å². The minimum atomic E-state index is -0.0713. The molecule has 0 aliphatic heterocycles. The molecule has 4 aliphatic carbocycles. The van der Waals surface area contributed by atoms with E-state index in [1.54, 1.807) is 6.07 Å². The van der Waals surface area contributed by atoms with E-state index >= 15 is 0 Å². The number of hydrogen-bond acceptors (Lipinski definition) is 4. The fourth-order valence-electron chi connectivity index (χ4n) is 8.57. The molecule has 0 saturated heterocycles. The quantitative estimate of drug-likeness (QED) is 0.682. The van der Waals surface area contributed by atoms with Gasteiger partial charge in [-0.2, -0.15) is 0 Å². The molecule has 1 N–H and O–H groups in total. The van der Waals surface area contributed by atoms with Gasteiger partial charge in [0.2, 0.25) is 5.88 Å². The summed E-state index contributed by atoms with van der Waals surface area (Å²) in [5, 5.41) is 9.52. The third kappa shape index (κ3) is 3.17. The van der Waals surface area contributed by atoms with Crippen LogP contribution in [0.15, 0.2) is 18.3 Å². The summed E-state index contributed by atoms with van der Waals surface area (Å²) in [5.74, 6) is 4.15. The minimum Gasteiger partial charge on any atom is -0.493 e. The minimum absolute atomic E-state index is 0.0713. The molecule has 4 saturated carbocycles. The molecule has 4 fully saturated rings. The van der Waals surface area contributed by atoms with Gasteiger partial charge in [0.05, 0.1) is 0 Å². The molecule has 4 heteroatoms. The van der Waals surface area contributed by atoms with E-state index < -0.39 is 0 Å². The van der Waals surface area contributed by atoms with Crippen molar-refractivity contribution in [1.82, 2.24) is 4.98 Å². The van der Waals surface area contributed by atoms with E-state index in [2.05, 4.69) is 18.8 Å². The normalized spacial score (nSPS) is 42.7. The first-order valence-corrected chi connectivity index (χ1v) is 12.2. The van der Waals surface area contributed by atoms with Crippen LogP contribution in [-0.4, -0.2) is 22.5 Å². The summed E-state index contributed by atoms with van der Waals surface area (Å²) in [4.78, 5) is 17.0. The van der Waals surface area contributed by atoms with Crippen LogP contribution in [0.25, 0.3) is 0 Å². The lowest BCUT2D eigenvalue weighted by Crippen LogP contribution is -2.53. The van der Waals surface area contributed by atoms with Crippen molar-refractivity contribution in [3.8, 4) is 11.6 Å². The summed E-state index contributed by atoms with van der Waals surface area (Å²) in [6.07, 6.45) is 14.8. The van der Waals surface area contributed by atoms with Crippen LogP contribution in [0.2, 0.25) is 0 Å². The van der Waals surface area contributed by atoms with Crippen molar-refractivity contribution in [1.29, 1.82) is 0 Å². The Kier molecular flexibility index (Phi) is 5.10. The Labute approximate surface area is 180 Å². The molecule has 4 aliphatic rings. The summed E-state index contributed by atoms with van der Waals surface area (Å²) >= 11 is 0. The first kappa shape index (κ1) is 20.3. The highest BCUT2D eigenvalue weighted by Gasteiger charge is 2.60. The van der Waals surface area contributed by atoms with Gasteiger partial charge in [-0.05, 0) is 91.9 Å². The van der Waals surface area contributed by atoms with Crippen LogP contribution >= 0.6 is 0 Å².